The molecule has 106 valence electrons. The Balaban J connectivity index is 2.68. The monoisotopic (exact) mass is 265 g/mol. The minimum atomic E-state index is -0.758. The number of benzene rings is 1. The minimum absolute atomic E-state index is 0.0345. The summed E-state index contributed by atoms with van der Waals surface area (Å²) in [7, 11) is 6.22. The largest absolute Gasteiger partial charge is 0.481 e. The van der Waals surface area contributed by atoms with Crippen molar-refractivity contribution in [2.75, 3.05) is 27.7 Å². The van der Waals surface area contributed by atoms with Gasteiger partial charge in [-0.3, -0.25) is 4.79 Å². The van der Waals surface area contributed by atoms with E-state index >= 15 is 0 Å². The number of nitrogens with one attached hydrogen (secondary N) is 1. The number of carboxylic acid groups (broad SMARTS) is 1. The van der Waals surface area contributed by atoms with Crippen molar-refractivity contribution in [3.05, 3.63) is 35.9 Å². The van der Waals surface area contributed by atoms with E-state index in [4.69, 9.17) is 5.11 Å². The van der Waals surface area contributed by atoms with Gasteiger partial charge in [0, 0.05) is 6.04 Å². The highest BCUT2D eigenvalue weighted by molar-refractivity contribution is 5.67. The molecule has 0 amide bonds. The molecule has 4 nitrogen and oxygen atoms in total. The van der Waals surface area contributed by atoms with Crippen molar-refractivity contribution >= 4 is 5.97 Å². The van der Waals surface area contributed by atoms with Crippen molar-refractivity contribution in [1.82, 2.24) is 5.32 Å². The predicted octanol–water partition coefficient (Wildman–Crippen LogP) is 1.89. The van der Waals surface area contributed by atoms with Gasteiger partial charge in [-0.1, -0.05) is 30.3 Å². The fourth-order valence-corrected chi connectivity index (χ4v) is 2.24. The summed E-state index contributed by atoms with van der Waals surface area (Å²) in [5.41, 5.74) is 1.18. The lowest BCUT2D eigenvalue weighted by molar-refractivity contribution is -0.871. The summed E-state index contributed by atoms with van der Waals surface area (Å²) >= 11 is 0. The first-order valence-electron chi connectivity index (χ1n) is 6.61. The van der Waals surface area contributed by atoms with Gasteiger partial charge in [0.1, 0.15) is 0 Å². The first kappa shape index (κ1) is 15.7. The molecule has 0 bridgehead atoms. The van der Waals surface area contributed by atoms with E-state index in [-0.39, 0.29) is 18.5 Å². The van der Waals surface area contributed by atoms with E-state index in [9.17, 15) is 4.79 Å². The van der Waals surface area contributed by atoms with E-state index in [1.54, 1.807) is 0 Å². The molecule has 0 aliphatic carbocycles. The molecule has 1 aromatic carbocycles. The van der Waals surface area contributed by atoms with E-state index in [2.05, 4.69) is 45.5 Å². The molecule has 0 heterocycles. The molecule has 2 atom stereocenters. The Bertz CT molecular complexity index is 398. The third-order valence-electron chi connectivity index (χ3n) is 2.97. The number of quaternary nitrogens is 1. The van der Waals surface area contributed by atoms with Gasteiger partial charge in [0.15, 0.2) is 0 Å². The molecule has 0 aromatic heterocycles. The Morgan fingerprint density at radius 3 is 2.32 bits per heavy atom. The van der Waals surface area contributed by atoms with Crippen LogP contribution in [-0.2, 0) is 4.79 Å². The van der Waals surface area contributed by atoms with Gasteiger partial charge in [-0.15, -0.1) is 0 Å². The van der Waals surface area contributed by atoms with Gasteiger partial charge in [-0.2, -0.15) is 0 Å². The van der Waals surface area contributed by atoms with Crippen LogP contribution in [0.2, 0.25) is 0 Å². The Morgan fingerprint density at radius 1 is 1.26 bits per heavy atom. The van der Waals surface area contributed by atoms with Crippen LogP contribution in [-0.4, -0.2) is 49.3 Å². The Hall–Kier alpha value is -1.39. The summed E-state index contributed by atoms with van der Waals surface area (Å²) in [6.07, 6.45) is 0.146. The Morgan fingerprint density at radius 2 is 1.84 bits per heavy atom. The molecule has 0 fully saturated rings. The molecule has 2 unspecified atom stereocenters. The van der Waals surface area contributed by atoms with Crippen molar-refractivity contribution in [2.24, 2.45) is 0 Å². The maximum atomic E-state index is 11.0. The number of carboxylic acids is 1. The first-order chi connectivity index (χ1) is 8.78. The lowest BCUT2D eigenvalue weighted by Gasteiger charge is -2.31. The smallest absolute Gasteiger partial charge is 0.305 e. The SMILES string of the molecule is CC(NC(CC(=O)O)C[N+](C)(C)C)c1ccccc1. The second kappa shape index (κ2) is 6.68. The highest BCUT2D eigenvalue weighted by Gasteiger charge is 2.22. The van der Waals surface area contributed by atoms with Crippen LogP contribution in [0.15, 0.2) is 30.3 Å². The average molecular weight is 265 g/mol. The zero-order chi connectivity index (χ0) is 14.5. The first-order valence-corrected chi connectivity index (χ1v) is 6.61. The highest BCUT2D eigenvalue weighted by Crippen LogP contribution is 2.13. The molecule has 0 aliphatic heterocycles. The van der Waals surface area contributed by atoms with Gasteiger partial charge < -0.3 is 14.9 Å². The number of nitrogens with zero attached hydrogens (tertiary/aromatic N) is 1. The minimum Gasteiger partial charge on any atom is -0.481 e. The van der Waals surface area contributed by atoms with Gasteiger partial charge >= 0.3 is 5.97 Å². The Labute approximate surface area is 115 Å². The molecule has 0 saturated heterocycles. The topological polar surface area (TPSA) is 49.3 Å². The third kappa shape index (κ3) is 6.36. The van der Waals surface area contributed by atoms with Gasteiger partial charge in [-0.25, -0.2) is 0 Å². The number of hydrogen-bond acceptors (Lipinski definition) is 2. The second-order valence-corrected chi connectivity index (χ2v) is 6.07. The van der Waals surface area contributed by atoms with E-state index in [1.165, 1.54) is 5.56 Å². The Kier molecular flexibility index (Phi) is 5.51. The summed E-state index contributed by atoms with van der Waals surface area (Å²) in [6, 6.07) is 10.2. The standard InChI is InChI=1S/C15H24N2O2/c1-12(13-8-6-5-7-9-13)16-14(10-15(18)19)11-17(2,3)4/h5-9,12,14,16H,10-11H2,1-4H3/p+1. The van der Waals surface area contributed by atoms with Gasteiger partial charge in [-0.05, 0) is 12.5 Å². The number of aliphatic carboxylic acids is 1. The molecular formula is C15H25N2O2+. The van der Waals surface area contributed by atoms with Gasteiger partial charge in [0.25, 0.3) is 0 Å². The molecule has 1 rings (SSSR count). The van der Waals surface area contributed by atoms with Crippen LogP contribution in [0.3, 0.4) is 0 Å². The van der Waals surface area contributed by atoms with Crippen molar-refractivity contribution in [2.45, 2.75) is 25.4 Å². The molecule has 1 aromatic rings. The zero-order valence-corrected chi connectivity index (χ0v) is 12.3. The number of carbonyl (C=O) groups is 1. The molecule has 2 N–H and O–H groups in total. The van der Waals surface area contributed by atoms with Crippen LogP contribution in [0.25, 0.3) is 0 Å². The number of likely N-dealkylation sites (N-methyl/N-ethyl adjacent to an activating group) is 1. The normalized spacial score (nSPS) is 14.9. The van der Waals surface area contributed by atoms with Crippen LogP contribution in [0, 0.1) is 0 Å². The summed E-state index contributed by atoms with van der Waals surface area (Å²) in [4.78, 5) is 11.0. The zero-order valence-electron chi connectivity index (χ0n) is 12.3. The van der Waals surface area contributed by atoms with Crippen molar-refractivity contribution < 1.29 is 14.4 Å². The van der Waals surface area contributed by atoms with Crippen LogP contribution in [0.4, 0.5) is 0 Å². The number of rotatable bonds is 7. The predicted molar refractivity (Wildman–Crippen MR) is 76.9 cm³/mol. The lowest BCUT2D eigenvalue weighted by Crippen LogP contribution is -2.48. The van der Waals surface area contributed by atoms with Gasteiger partial charge in [0.05, 0.1) is 40.2 Å². The van der Waals surface area contributed by atoms with E-state index in [0.717, 1.165) is 11.0 Å². The maximum absolute atomic E-state index is 11.0. The summed E-state index contributed by atoms with van der Waals surface area (Å²) in [5, 5.41) is 12.4. The molecule has 0 spiro atoms. The van der Waals surface area contributed by atoms with Crippen LogP contribution in [0.1, 0.15) is 24.9 Å². The average Bonchev–Trinajstić information content (AvgIpc) is 2.26. The van der Waals surface area contributed by atoms with Crippen LogP contribution >= 0.6 is 0 Å². The fraction of sp³-hybridized carbons (Fsp3) is 0.533. The van der Waals surface area contributed by atoms with E-state index in [0.29, 0.717) is 0 Å². The molecule has 19 heavy (non-hydrogen) atoms. The molecule has 4 heteroatoms. The summed E-state index contributed by atoms with van der Waals surface area (Å²) in [6.45, 7) is 2.85. The highest BCUT2D eigenvalue weighted by atomic mass is 16.4. The molecule has 0 radical (unpaired) electrons. The third-order valence-corrected chi connectivity index (χ3v) is 2.97. The second-order valence-electron chi connectivity index (χ2n) is 6.07. The lowest BCUT2D eigenvalue weighted by atomic mass is 10.1. The van der Waals surface area contributed by atoms with Gasteiger partial charge in [0.2, 0.25) is 0 Å². The summed E-state index contributed by atoms with van der Waals surface area (Å²) in [5.74, 6) is -0.758. The fourth-order valence-electron chi connectivity index (χ4n) is 2.24. The molecule has 0 aliphatic rings. The van der Waals surface area contributed by atoms with E-state index in [1.807, 2.05) is 18.2 Å². The van der Waals surface area contributed by atoms with Crippen molar-refractivity contribution in [1.29, 1.82) is 0 Å². The summed E-state index contributed by atoms with van der Waals surface area (Å²) < 4.78 is 0.743. The van der Waals surface area contributed by atoms with E-state index < -0.39 is 5.97 Å². The van der Waals surface area contributed by atoms with Crippen molar-refractivity contribution in [3.63, 3.8) is 0 Å². The van der Waals surface area contributed by atoms with Crippen LogP contribution in [0.5, 0.6) is 0 Å². The molecule has 0 saturated carbocycles. The van der Waals surface area contributed by atoms with Crippen LogP contribution < -0.4 is 5.32 Å². The molecular weight excluding hydrogens is 240 g/mol. The van der Waals surface area contributed by atoms with Crippen molar-refractivity contribution in [3.8, 4) is 0 Å². The quantitative estimate of drug-likeness (QED) is 0.740. The number of hydrogen-bond donors (Lipinski definition) is 2. The maximum Gasteiger partial charge on any atom is 0.305 e.